The Bertz CT molecular complexity index is 214. The van der Waals surface area contributed by atoms with Crippen molar-refractivity contribution >= 4 is 0 Å². The molecule has 0 aliphatic carbocycles. The molecule has 0 aromatic rings. The Hall–Kier alpha value is -0.200. The van der Waals surface area contributed by atoms with Crippen molar-refractivity contribution in [1.29, 1.82) is 0 Å². The molecule has 5 nitrogen and oxygen atoms in total. The first kappa shape index (κ1) is 12.9. The van der Waals surface area contributed by atoms with Gasteiger partial charge in [-0.3, -0.25) is 0 Å². The van der Waals surface area contributed by atoms with Crippen LogP contribution in [0.15, 0.2) is 0 Å². The van der Waals surface area contributed by atoms with E-state index in [2.05, 4.69) is 20.8 Å². The Labute approximate surface area is 91.5 Å². The van der Waals surface area contributed by atoms with Crippen LogP contribution in [0.2, 0.25) is 0 Å². The number of hydrogen-bond donors (Lipinski definition) is 4. The predicted octanol–water partition coefficient (Wildman–Crippen LogP) is -1.26. The Morgan fingerprint density at radius 2 is 1.53 bits per heavy atom. The minimum Gasteiger partial charge on any atom is -0.370 e. The standard InChI is InChI=1S/C10H24N4O/c1-10(2,3)9-8(14)7(13)6(12)5(4-11)15-9/h5-9H,4,11-14H2,1-3H3/t5-,6-,7+,8+,9?/m1/s1. The van der Waals surface area contributed by atoms with Gasteiger partial charge in [-0.2, -0.15) is 0 Å². The van der Waals surface area contributed by atoms with Gasteiger partial charge in [-0.1, -0.05) is 20.8 Å². The van der Waals surface area contributed by atoms with Crippen molar-refractivity contribution in [3.05, 3.63) is 0 Å². The highest BCUT2D eigenvalue weighted by molar-refractivity contribution is 5.02. The zero-order chi connectivity index (χ0) is 11.8. The van der Waals surface area contributed by atoms with Crippen molar-refractivity contribution in [2.24, 2.45) is 28.3 Å². The normalized spacial score (nSPS) is 43.0. The lowest BCUT2D eigenvalue weighted by atomic mass is 9.78. The van der Waals surface area contributed by atoms with Gasteiger partial charge in [0.15, 0.2) is 0 Å². The summed E-state index contributed by atoms with van der Waals surface area (Å²) in [7, 11) is 0. The molecule has 5 heteroatoms. The van der Waals surface area contributed by atoms with E-state index >= 15 is 0 Å². The lowest BCUT2D eigenvalue weighted by molar-refractivity contribution is -0.119. The van der Waals surface area contributed by atoms with Crippen molar-refractivity contribution in [2.75, 3.05) is 6.54 Å². The van der Waals surface area contributed by atoms with Crippen LogP contribution in [0.4, 0.5) is 0 Å². The van der Waals surface area contributed by atoms with Crippen LogP contribution < -0.4 is 22.9 Å². The molecule has 1 fully saturated rings. The Morgan fingerprint density at radius 3 is 1.93 bits per heavy atom. The number of hydrogen-bond acceptors (Lipinski definition) is 5. The Morgan fingerprint density at radius 1 is 1.00 bits per heavy atom. The molecule has 1 aliphatic heterocycles. The van der Waals surface area contributed by atoms with Crippen molar-refractivity contribution in [3.63, 3.8) is 0 Å². The smallest absolute Gasteiger partial charge is 0.0868 e. The molecule has 0 saturated carbocycles. The van der Waals surface area contributed by atoms with E-state index in [1.54, 1.807) is 0 Å². The van der Waals surface area contributed by atoms with Gasteiger partial charge in [0, 0.05) is 24.7 Å². The first-order chi connectivity index (χ1) is 6.79. The molecular weight excluding hydrogens is 192 g/mol. The summed E-state index contributed by atoms with van der Waals surface area (Å²) in [6.45, 7) is 6.62. The van der Waals surface area contributed by atoms with E-state index in [9.17, 15) is 0 Å². The summed E-state index contributed by atoms with van der Waals surface area (Å²) < 4.78 is 5.84. The maximum atomic E-state index is 6.05. The Kier molecular flexibility index (Phi) is 3.73. The quantitative estimate of drug-likeness (QED) is 0.437. The van der Waals surface area contributed by atoms with Gasteiger partial charge in [-0.25, -0.2) is 0 Å². The summed E-state index contributed by atoms with van der Waals surface area (Å²) in [5.74, 6) is 0. The van der Waals surface area contributed by atoms with E-state index in [1.807, 2.05) is 0 Å². The van der Waals surface area contributed by atoms with Gasteiger partial charge in [-0.15, -0.1) is 0 Å². The summed E-state index contributed by atoms with van der Waals surface area (Å²) in [5, 5.41) is 0. The van der Waals surface area contributed by atoms with Crippen LogP contribution in [-0.4, -0.2) is 36.9 Å². The SMILES string of the molecule is CC(C)(C)C1O[C@H](CN)[C@@H](N)[C@H](N)[C@@H]1N. The fourth-order valence-corrected chi connectivity index (χ4v) is 2.07. The van der Waals surface area contributed by atoms with Crippen LogP contribution in [0, 0.1) is 5.41 Å². The largest absolute Gasteiger partial charge is 0.370 e. The molecule has 0 aromatic heterocycles. The molecule has 1 unspecified atom stereocenters. The maximum Gasteiger partial charge on any atom is 0.0868 e. The summed E-state index contributed by atoms with van der Waals surface area (Å²) in [4.78, 5) is 0. The summed E-state index contributed by atoms with van der Waals surface area (Å²) in [6.07, 6.45) is -0.287. The highest BCUT2D eigenvalue weighted by Crippen LogP contribution is 2.30. The molecule has 0 amide bonds. The third kappa shape index (κ3) is 2.49. The molecule has 1 saturated heterocycles. The molecular formula is C10H24N4O. The summed E-state index contributed by atoms with van der Waals surface area (Å²) in [5.41, 5.74) is 23.5. The molecule has 0 spiro atoms. The monoisotopic (exact) mass is 216 g/mol. The van der Waals surface area contributed by atoms with Crippen molar-refractivity contribution in [1.82, 2.24) is 0 Å². The summed E-state index contributed by atoms with van der Waals surface area (Å²) >= 11 is 0. The zero-order valence-corrected chi connectivity index (χ0v) is 9.81. The number of nitrogens with two attached hydrogens (primary N) is 4. The van der Waals surface area contributed by atoms with Crippen LogP contribution in [0.3, 0.4) is 0 Å². The highest BCUT2D eigenvalue weighted by atomic mass is 16.5. The number of rotatable bonds is 1. The molecule has 0 bridgehead atoms. The average Bonchev–Trinajstić information content (AvgIpc) is 2.13. The second-order valence-corrected chi connectivity index (χ2v) is 5.43. The van der Waals surface area contributed by atoms with Crippen molar-refractivity contribution < 1.29 is 4.74 Å². The molecule has 0 aromatic carbocycles. The number of ether oxygens (including phenoxy) is 1. The van der Waals surface area contributed by atoms with E-state index in [-0.39, 0.29) is 35.7 Å². The third-order valence-electron chi connectivity index (χ3n) is 3.08. The highest BCUT2D eigenvalue weighted by Gasteiger charge is 2.44. The molecule has 1 aliphatic rings. The van der Waals surface area contributed by atoms with E-state index in [0.717, 1.165) is 0 Å². The zero-order valence-electron chi connectivity index (χ0n) is 9.81. The fraction of sp³-hybridized carbons (Fsp3) is 1.00. The van der Waals surface area contributed by atoms with Gasteiger partial charge >= 0.3 is 0 Å². The minimum absolute atomic E-state index is 0.0510. The van der Waals surface area contributed by atoms with E-state index in [0.29, 0.717) is 6.54 Å². The van der Waals surface area contributed by atoms with Gasteiger partial charge in [0.05, 0.1) is 12.2 Å². The fourth-order valence-electron chi connectivity index (χ4n) is 2.07. The van der Waals surface area contributed by atoms with Gasteiger partial charge < -0.3 is 27.7 Å². The van der Waals surface area contributed by atoms with Crippen LogP contribution in [0.5, 0.6) is 0 Å². The van der Waals surface area contributed by atoms with Crippen LogP contribution >= 0.6 is 0 Å². The molecule has 15 heavy (non-hydrogen) atoms. The van der Waals surface area contributed by atoms with Crippen LogP contribution in [0.1, 0.15) is 20.8 Å². The van der Waals surface area contributed by atoms with Crippen molar-refractivity contribution in [3.8, 4) is 0 Å². The lowest BCUT2D eigenvalue weighted by Gasteiger charge is -2.47. The van der Waals surface area contributed by atoms with Gasteiger partial charge in [-0.05, 0) is 5.41 Å². The van der Waals surface area contributed by atoms with Gasteiger partial charge in [0.25, 0.3) is 0 Å². The second kappa shape index (κ2) is 4.35. The van der Waals surface area contributed by atoms with Crippen LogP contribution in [0.25, 0.3) is 0 Å². The molecule has 0 radical (unpaired) electrons. The van der Waals surface area contributed by atoms with Gasteiger partial charge in [0.1, 0.15) is 0 Å². The van der Waals surface area contributed by atoms with Gasteiger partial charge in [0.2, 0.25) is 0 Å². The van der Waals surface area contributed by atoms with E-state index in [1.165, 1.54) is 0 Å². The molecule has 8 N–H and O–H groups in total. The maximum absolute atomic E-state index is 6.05. The molecule has 1 rings (SSSR count). The van der Waals surface area contributed by atoms with Crippen LogP contribution in [-0.2, 0) is 4.74 Å². The second-order valence-electron chi connectivity index (χ2n) is 5.43. The van der Waals surface area contributed by atoms with E-state index < -0.39 is 0 Å². The average molecular weight is 216 g/mol. The van der Waals surface area contributed by atoms with E-state index in [4.69, 9.17) is 27.7 Å². The van der Waals surface area contributed by atoms with Crippen molar-refractivity contribution in [2.45, 2.75) is 51.1 Å². The first-order valence-corrected chi connectivity index (χ1v) is 5.41. The first-order valence-electron chi connectivity index (χ1n) is 5.41. The summed E-state index contributed by atoms with van der Waals surface area (Å²) in [6, 6.07) is -0.761. The minimum atomic E-state index is -0.274. The predicted molar refractivity (Wildman–Crippen MR) is 61.1 cm³/mol. The lowest BCUT2D eigenvalue weighted by Crippen LogP contribution is -2.70. The molecule has 90 valence electrons. The molecule has 1 heterocycles. The Balaban J connectivity index is 2.83. The topological polar surface area (TPSA) is 113 Å². The third-order valence-corrected chi connectivity index (χ3v) is 3.08. The molecule has 5 atom stereocenters.